The standard InChI is InChI=1S/C13H14N4O2/c18-13(12-14-11(15-16-12)10-6-7-10)17-19-8-9-4-2-1-3-5-9/h1-5,10H,6-8H2,(H,17,18)(H,14,15,16). The van der Waals surface area contributed by atoms with Gasteiger partial charge in [0.25, 0.3) is 0 Å². The zero-order chi connectivity index (χ0) is 13.1. The molecular weight excluding hydrogens is 244 g/mol. The average molecular weight is 258 g/mol. The summed E-state index contributed by atoms with van der Waals surface area (Å²) in [4.78, 5) is 21.0. The summed E-state index contributed by atoms with van der Waals surface area (Å²) in [6, 6.07) is 9.60. The van der Waals surface area contributed by atoms with Crippen LogP contribution in [0, 0.1) is 0 Å². The molecule has 1 fully saturated rings. The van der Waals surface area contributed by atoms with Crippen molar-refractivity contribution in [1.29, 1.82) is 0 Å². The second kappa shape index (κ2) is 5.19. The Balaban J connectivity index is 1.50. The molecular formula is C13H14N4O2. The molecule has 1 aromatic heterocycles. The van der Waals surface area contributed by atoms with Gasteiger partial charge in [-0.25, -0.2) is 10.5 Å². The van der Waals surface area contributed by atoms with E-state index in [9.17, 15) is 4.79 Å². The van der Waals surface area contributed by atoms with Gasteiger partial charge in [0, 0.05) is 5.92 Å². The summed E-state index contributed by atoms with van der Waals surface area (Å²) in [5, 5.41) is 6.65. The molecule has 2 aromatic rings. The van der Waals surface area contributed by atoms with Gasteiger partial charge in [0.2, 0.25) is 5.82 Å². The van der Waals surface area contributed by atoms with Crippen molar-refractivity contribution in [2.45, 2.75) is 25.4 Å². The Kier molecular flexibility index (Phi) is 3.24. The molecule has 2 N–H and O–H groups in total. The number of aromatic amines is 1. The first-order valence-electron chi connectivity index (χ1n) is 6.21. The minimum absolute atomic E-state index is 0.120. The minimum Gasteiger partial charge on any atom is -0.269 e. The van der Waals surface area contributed by atoms with Gasteiger partial charge in [0.05, 0.1) is 6.61 Å². The van der Waals surface area contributed by atoms with Crippen LogP contribution in [0.25, 0.3) is 0 Å². The van der Waals surface area contributed by atoms with E-state index in [1.165, 1.54) is 0 Å². The molecule has 0 unspecified atom stereocenters. The van der Waals surface area contributed by atoms with Crippen molar-refractivity contribution in [3.63, 3.8) is 0 Å². The number of hydroxylamine groups is 1. The number of amides is 1. The first-order chi connectivity index (χ1) is 9.33. The lowest BCUT2D eigenvalue weighted by Crippen LogP contribution is -2.24. The Hall–Kier alpha value is -2.21. The van der Waals surface area contributed by atoms with Gasteiger partial charge in [0.1, 0.15) is 5.82 Å². The van der Waals surface area contributed by atoms with Gasteiger partial charge in [-0.05, 0) is 18.4 Å². The molecule has 0 aliphatic heterocycles. The van der Waals surface area contributed by atoms with E-state index >= 15 is 0 Å². The topological polar surface area (TPSA) is 79.9 Å². The van der Waals surface area contributed by atoms with Crippen LogP contribution in [-0.4, -0.2) is 21.1 Å². The predicted octanol–water partition coefficient (Wildman–Crippen LogP) is 1.54. The van der Waals surface area contributed by atoms with Crippen LogP contribution in [0.15, 0.2) is 30.3 Å². The lowest BCUT2D eigenvalue weighted by molar-refractivity contribution is 0.0225. The fourth-order valence-electron chi connectivity index (χ4n) is 1.72. The smallest absolute Gasteiger partial charge is 0.269 e. The highest BCUT2D eigenvalue weighted by atomic mass is 16.6. The SMILES string of the molecule is O=C(NOCc1ccccc1)c1n[nH]c(C2CC2)n1. The molecule has 1 saturated carbocycles. The fourth-order valence-corrected chi connectivity index (χ4v) is 1.72. The first kappa shape index (κ1) is 11.9. The molecule has 0 saturated heterocycles. The van der Waals surface area contributed by atoms with Gasteiger partial charge in [-0.3, -0.25) is 14.7 Å². The fraction of sp³-hybridized carbons (Fsp3) is 0.308. The number of carbonyl (C=O) groups is 1. The van der Waals surface area contributed by atoms with Crippen molar-refractivity contribution < 1.29 is 9.63 Å². The highest BCUT2D eigenvalue weighted by Crippen LogP contribution is 2.37. The molecule has 1 aromatic carbocycles. The summed E-state index contributed by atoms with van der Waals surface area (Å²) >= 11 is 0. The third-order valence-corrected chi connectivity index (χ3v) is 2.92. The summed E-state index contributed by atoms with van der Waals surface area (Å²) in [5.74, 6) is 0.918. The Bertz CT molecular complexity index is 563. The molecule has 1 amide bonds. The van der Waals surface area contributed by atoms with Crippen molar-refractivity contribution in [3.8, 4) is 0 Å². The molecule has 98 valence electrons. The quantitative estimate of drug-likeness (QED) is 0.797. The van der Waals surface area contributed by atoms with Crippen molar-refractivity contribution in [2.75, 3.05) is 0 Å². The van der Waals surface area contributed by atoms with Gasteiger partial charge in [0.15, 0.2) is 0 Å². The molecule has 19 heavy (non-hydrogen) atoms. The number of carbonyl (C=O) groups excluding carboxylic acids is 1. The lowest BCUT2D eigenvalue weighted by Gasteiger charge is -2.03. The molecule has 0 atom stereocenters. The third kappa shape index (κ3) is 2.97. The number of aromatic nitrogens is 3. The van der Waals surface area contributed by atoms with Crippen LogP contribution in [0.1, 0.15) is 40.8 Å². The molecule has 6 heteroatoms. The Morgan fingerprint density at radius 1 is 1.37 bits per heavy atom. The summed E-state index contributed by atoms with van der Waals surface area (Å²) in [5.41, 5.74) is 3.32. The van der Waals surface area contributed by atoms with Gasteiger partial charge < -0.3 is 0 Å². The maximum absolute atomic E-state index is 11.7. The maximum Gasteiger partial charge on any atom is 0.314 e. The first-order valence-corrected chi connectivity index (χ1v) is 6.21. The lowest BCUT2D eigenvalue weighted by atomic mass is 10.2. The van der Waals surface area contributed by atoms with E-state index in [2.05, 4.69) is 20.7 Å². The van der Waals surface area contributed by atoms with Crippen LogP contribution in [0.5, 0.6) is 0 Å². The van der Waals surface area contributed by atoms with E-state index in [1.807, 2.05) is 30.3 Å². The Labute approximate surface area is 110 Å². The van der Waals surface area contributed by atoms with E-state index in [0.29, 0.717) is 12.5 Å². The van der Waals surface area contributed by atoms with E-state index in [0.717, 1.165) is 24.2 Å². The summed E-state index contributed by atoms with van der Waals surface area (Å²) in [6.07, 6.45) is 2.22. The number of hydrogen-bond acceptors (Lipinski definition) is 4. The van der Waals surface area contributed by atoms with Crippen molar-refractivity contribution in [1.82, 2.24) is 20.7 Å². The number of nitrogens with zero attached hydrogens (tertiary/aromatic N) is 2. The van der Waals surface area contributed by atoms with Gasteiger partial charge in [-0.2, -0.15) is 0 Å². The summed E-state index contributed by atoms with van der Waals surface area (Å²) in [6.45, 7) is 0.312. The molecule has 1 heterocycles. The summed E-state index contributed by atoms with van der Waals surface area (Å²) in [7, 11) is 0. The predicted molar refractivity (Wildman–Crippen MR) is 67.1 cm³/mol. The zero-order valence-corrected chi connectivity index (χ0v) is 10.3. The van der Waals surface area contributed by atoms with Crippen LogP contribution in [-0.2, 0) is 11.4 Å². The maximum atomic E-state index is 11.7. The molecule has 0 spiro atoms. The van der Waals surface area contributed by atoms with Crippen LogP contribution >= 0.6 is 0 Å². The number of hydrogen-bond donors (Lipinski definition) is 2. The molecule has 0 radical (unpaired) electrons. The van der Waals surface area contributed by atoms with E-state index < -0.39 is 5.91 Å². The zero-order valence-electron chi connectivity index (χ0n) is 10.3. The number of benzene rings is 1. The van der Waals surface area contributed by atoms with Gasteiger partial charge >= 0.3 is 5.91 Å². The largest absolute Gasteiger partial charge is 0.314 e. The molecule has 3 rings (SSSR count). The molecule has 1 aliphatic rings. The average Bonchev–Trinajstić information content (AvgIpc) is 3.17. The Morgan fingerprint density at radius 2 is 2.16 bits per heavy atom. The second-order valence-corrected chi connectivity index (χ2v) is 4.52. The minimum atomic E-state index is -0.431. The number of nitrogens with one attached hydrogen (secondary N) is 2. The monoisotopic (exact) mass is 258 g/mol. The summed E-state index contributed by atoms with van der Waals surface area (Å²) < 4.78 is 0. The second-order valence-electron chi connectivity index (χ2n) is 4.52. The van der Waals surface area contributed by atoms with Crippen LogP contribution in [0.3, 0.4) is 0 Å². The molecule has 6 nitrogen and oxygen atoms in total. The molecule has 1 aliphatic carbocycles. The Morgan fingerprint density at radius 3 is 2.89 bits per heavy atom. The van der Waals surface area contributed by atoms with Crippen molar-refractivity contribution in [3.05, 3.63) is 47.5 Å². The van der Waals surface area contributed by atoms with E-state index in [-0.39, 0.29) is 5.82 Å². The highest BCUT2D eigenvalue weighted by molar-refractivity contribution is 5.89. The molecule has 0 bridgehead atoms. The van der Waals surface area contributed by atoms with E-state index in [1.54, 1.807) is 0 Å². The highest BCUT2D eigenvalue weighted by Gasteiger charge is 2.28. The number of H-pyrrole nitrogens is 1. The van der Waals surface area contributed by atoms with Gasteiger partial charge in [-0.15, -0.1) is 5.10 Å². The van der Waals surface area contributed by atoms with Crippen molar-refractivity contribution in [2.24, 2.45) is 0 Å². The van der Waals surface area contributed by atoms with Gasteiger partial charge in [-0.1, -0.05) is 30.3 Å². The van der Waals surface area contributed by atoms with Crippen LogP contribution in [0.4, 0.5) is 0 Å². The third-order valence-electron chi connectivity index (χ3n) is 2.92. The van der Waals surface area contributed by atoms with Crippen LogP contribution < -0.4 is 5.48 Å². The van der Waals surface area contributed by atoms with E-state index in [4.69, 9.17) is 4.84 Å². The van der Waals surface area contributed by atoms with Crippen molar-refractivity contribution >= 4 is 5.91 Å². The van der Waals surface area contributed by atoms with Crippen LogP contribution in [0.2, 0.25) is 0 Å². The number of rotatable bonds is 5. The normalized spacial score (nSPS) is 14.3.